The molecular formula is C11H18N4. The number of hydrogen-bond acceptors (Lipinski definition) is 3. The maximum absolute atomic E-state index is 4.31. The van der Waals surface area contributed by atoms with Gasteiger partial charge in [0.05, 0.1) is 0 Å². The standard InChI is InChI=1S/C11H18N4/c1-7(2)15-6-12-14-11(15)9-5-8-3-4-10(9)13-8/h6-10,13H,3-5H2,1-2H3. The molecule has 2 saturated heterocycles. The number of rotatable bonds is 2. The van der Waals surface area contributed by atoms with E-state index in [-0.39, 0.29) is 0 Å². The highest BCUT2D eigenvalue weighted by Gasteiger charge is 2.42. The predicted molar refractivity (Wildman–Crippen MR) is 57.7 cm³/mol. The normalized spacial score (nSPS) is 34.2. The average Bonchev–Trinajstić information content (AvgIpc) is 2.92. The summed E-state index contributed by atoms with van der Waals surface area (Å²) in [6, 6.07) is 1.85. The molecule has 0 saturated carbocycles. The maximum atomic E-state index is 4.31. The minimum atomic E-state index is 0.467. The Balaban J connectivity index is 1.90. The summed E-state index contributed by atoms with van der Waals surface area (Å²) in [5.74, 6) is 1.78. The molecule has 0 aliphatic carbocycles. The monoisotopic (exact) mass is 206 g/mol. The number of hydrogen-bond donors (Lipinski definition) is 1. The molecule has 82 valence electrons. The highest BCUT2D eigenvalue weighted by Crippen LogP contribution is 2.39. The van der Waals surface area contributed by atoms with Crippen molar-refractivity contribution in [1.82, 2.24) is 20.1 Å². The van der Waals surface area contributed by atoms with Crippen molar-refractivity contribution >= 4 is 0 Å². The van der Waals surface area contributed by atoms with Gasteiger partial charge in [-0.2, -0.15) is 0 Å². The molecule has 3 rings (SSSR count). The molecule has 2 aliphatic heterocycles. The quantitative estimate of drug-likeness (QED) is 0.796. The van der Waals surface area contributed by atoms with Crippen LogP contribution >= 0.6 is 0 Å². The maximum Gasteiger partial charge on any atom is 0.137 e. The molecule has 0 spiro atoms. The summed E-state index contributed by atoms with van der Waals surface area (Å²) in [6.45, 7) is 4.38. The molecule has 0 amide bonds. The first kappa shape index (κ1) is 9.33. The molecule has 3 heterocycles. The van der Waals surface area contributed by atoms with Gasteiger partial charge < -0.3 is 9.88 Å². The highest BCUT2D eigenvalue weighted by molar-refractivity contribution is 5.12. The van der Waals surface area contributed by atoms with Gasteiger partial charge in [-0.15, -0.1) is 10.2 Å². The van der Waals surface area contributed by atoms with Crippen LogP contribution in [0.5, 0.6) is 0 Å². The second-order valence-corrected chi connectivity index (χ2v) is 5.08. The molecule has 3 atom stereocenters. The van der Waals surface area contributed by atoms with E-state index < -0.39 is 0 Å². The lowest BCUT2D eigenvalue weighted by molar-refractivity contribution is 0.450. The first-order valence-corrected chi connectivity index (χ1v) is 5.91. The Morgan fingerprint density at radius 1 is 1.47 bits per heavy atom. The van der Waals surface area contributed by atoms with Gasteiger partial charge in [-0.25, -0.2) is 0 Å². The number of nitrogens with one attached hydrogen (secondary N) is 1. The van der Waals surface area contributed by atoms with Gasteiger partial charge >= 0.3 is 0 Å². The van der Waals surface area contributed by atoms with Crippen LogP contribution in [-0.4, -0.2) is 26.8 Å². The van der Waals surface area contributed by atoms with Crippen molar-refractivity contribution in [2.24, 2.45) is 0 Å². The van der Waals surface area contributed by atoms with Crippen molar-refractivity contribution < 1.29 is 0 Å². The number of fused-ring (bicyclic) bond motifs is 2. The van der Waals surface area contributed by atoms with Crippen LogP contribution in [0.25, 0.3) is 0 Å². The summed E-state index contributed by atoms with van der Waals surface area (Å²) in [7, 11) is 0. The summed E-state index contributed by atoms with van der Waals surface area (Å²) in [5, 5.41) is 12.0. The first-order chi connectivity index (χ1) is 7.25. The van der Waals surface area contributed by atoms with Crippen LogP contribution in [-0.2, 0) is 0 Å². The van der Waals surface area contributed by atoms with Crippen molar-refractivity contribution in [1.29, 1.82) is 0 Å². The zero-order chi connectivity index (χ0) is 10.4. The van der Waals surface area contributed by atoms with E-state index in [1.54, 1.807) is 0 Å². The van der Waals surface area contributed by atoms with E-state index in [1.807, 2.05) is 6.33 Å². The third-order valence-corrected chi connectivity index (χ3v) is 3.79. The van der Waals surface area contributed by atoms with Crippen LogP contribution in [0.3, 0.4) is 0 Å². The van der Waals surface area contributed by atoms with Crippen LogP contribution in [0.4, 0.5) is 0 Å². The number of nitrogens with zero attached hydrogens (tertiary/aromatic N) is 3. The lowest BCUT2D eigenvalue weighted by atomic mass is 9.88. The molecule has 2 fully saturated rings. The molecule has 1 aromatic heterocycles. The molecule has 2 aliphatic rings. The van der Waals surface area contributed by atoms with Gasteiger partial charge in [-0.3, -0.25) is 0 Å². The van der Waals surface area contributed by atoms with E-state index in [2.05, 4.69) is 33.9 Å². The van der Waals surface area contributed by atoms with E-state index in [1.165, 1.54) is 25.1 Å². The second-order valence-electron chi connectivity index (χ2n) is 5.08. The van der Waals surface area contributed by atoms with Gasteiger partial charge in [-0.1, -0.05) is 0 Å². The average molecular weight is 206 g/mol. The van der Waals surface area contributed by atoms with Crippen molar-refractivity contribution in [2.75, 3.05) is 0 Å². The minimum Gasteiger partial charge on any atom is -0.315 e. The summed E-state index contributed by atoms with van der Waals surface area (Å²) in [5.41, 5.74) is 0. The van der Waals surface area contributed by atoms with E-state index in [0.29, 0.717) is 18.0 Å². The second kappa shape index (κ2) is 3.30. The Morgan fingerprint density at radius 3 is 2.93 bits per heavy atom. The van der Waals surface area contributed by atoms with E-state index in [4.69, 9.17) is 0 Å². The lowest BCUT2D eigenvalue weighted by Crippen LogP contribution is -2.24. The third kappa shape index (κ3) is 1.39. The molecule has 2 bridgehead atoms. The molecule has 0 aromatic carbocycles. The van der Waals surface area contributed by atoms with Crippen molar-refractivity contribution in [3.8, 4) is 0 Å². The van der Waals surface area contributed by atoms with Crippen LogP contribution in [0.2, 0.25) is 0 Å². The molecule has 1 aromatic rings. The zero-order valence-electron chi connectivity index (χ0n) is 9.35. The van der Waals surface area contributed by atoms with E-state index in [9.17, 15) is 0 Å². The Bertz CT molecular complexity index is 357. The SMILES string of the molecule is CC(C)n1cnnc1C1CC2CCC1N2. The summed E-state index contributed by atoms with van der Waals surface area (Å²) in [6.07, 6.45) is 5.76. The van der Waals surface area contributed by atoms with Gasteiger partial charge in [0.1, 0.15) is 12.2 Å². The van der Waals surface area contributed by atoms with Crippen LogP contribution in [0.1, 0.15) is 50.9 Å². The fourth-order valence-electron chi connectivity index (χ4n) is 3.02. The van der Waals surface area contributed by atoms with E-state index in [0.717, 1.165) is 6.04 Å². The minimum absolute atomic E-state index is 0.467. The Morgan fingerprint density at radius 2 is 2.33 bits per heavy atom. The van der Waals surface area contributed by atoms with Crippen LogP contribution in [0.15, 0.2) is 6.33 Å². The van der Waals surface area contributed by atoms with Gasteiger partial charge in [0.15, 0.2) is 0 Å². The van der Waals surface area contributed by atoms with Gasteiger partial charge in [0.25, 0.3) is 0 Å². The smallest absolute Gasteiger partial charge is 0.137 e. The topological polar surface area (TPSA) is 42.7 Å². The summed E-state index contributed by atoms with van der Waals surface area (Å²) in [4.78, 5) is 0. The van der Waals surface area contributed by atoms with Crippen molar-refractivity contribution in [3.05, 3.63) is 12.2 Å². The molecular weight excluding hydrogens is 188 g/mol. The lowest BCUT2D eigenvalue weighted by Gasteiger charge is -2.21. The molecule has 1 N–H and O–H groups in total. The van der Waals surface area contributed by atoms with Crippen LogP contribution in [0, 0.1) is 0 Å². The van der Waals surface area contributed by atoms with Crippen LogP contribution < -0.4 is 5.32 Å². The fraction of sp³-hybridized carbons (Fsp3) is 0.818. The number of aromatic nitrogens is 3. The predicted octanol–water partition coefficient (Wildman–Crippen LogP) is 1.47. The summed E-state index contributed by atoms with van der Waals surface area (Å²) < 4.78 is 2.22. The fourth-order valence-corrected chi connectivity index (χ4v) is 3.02. The highest BCUT2D eigenvalue weighted by atomic mass is 15.3. The molecule has 0 radical (unpaired) electrons. The Labute approximate surface area is 90.1 Å². The van der Waals surface area contributed by atoms with Crippen molar-refractivity contribution in [3.63, 3.8) is 0 Å². The zero-order valence-corrected chi connectivity index (χ0v) is 9.35. The van der Waals surface area contributed by atoms with Gasteiger partial charge in [0, 0.05) is 24.0 Å². The molecule has 15 heavy (non-hydrogen) atoms. The Hall–Kier alpha value is -0.900. The molecule has 4 nitrogen and oxygen atoms in total. The third-order valence-electron chi connectivity index (χ3n) is 3.79. The molecule has 4 heteroatoms. The largest absolute Gasteiger partial charge is 0.315 e. The molecule has 3 unspecified atom stereocenters. The van der Waals surface area contributed by atoms with Gasteiger partial charge in [0.2, 0.25) is 0 Å². The summed E-state index contributed by atoms with van der Waals surface area (Å²) >= 11 is 0. The van der Waals surface area contributed by atoms with Gasteiger partial charge in [-0.05, 0) is 33.1 Å². The Kier molecular flexibility index (Phi) is 2.06. The van der Waals surface area contributed by atoms with E-state index >= 15 is 0 Å². The van der Waals surface area contributed by atoms with Crippen molar-refractivity contribution in [2.45, 2.75) is 57.2 Å². The first-order valence-electron chi connectivity index (χ1n) is 5.91.